The molecule has 1 aliphatic heterocycles. The Morgan fingerprint density at radius 1 is 1.25 bits per heavy atom. The van der Waals surface area contributed by atoms with E-state index in [1.54, 1.807) is 0 Å². The van der Waals surface area contributed by atoms with Crippen LogP contribution in [-0.4, -0.2) is 25.0 Å². The van der Waals surface area contributed by atoms with E-state index in [0.717, 1.165) is 11.3 Å². The first-order valence-corrected chi connectivity index (χ1v) is 5.43. The Morgan fingerprint density at radius 3 is 2.25 bits per heavy atom. The highest BCUT2D eigenvalue weighted by molar-refractivity contribution is 4.96. The van der Waals surface area contributed by atoms with Crippen LogP contribution in [0.4, 0.5) is 0 Å². The van der Waals surface area contributed by atoms with Crippen LogP contribution in [0.25, 0.3) is 0 Å². The minimum Gasteiger partial charge on any atom is -0.305 e. The molecule has 1 heterocycles. The van der Waals surface area contributed by atoms with E-state index in [-0.39, 0.29) is 0 Å². The van der Waals surface area contributed by atoms with Gasteiger partial charge in [-0.2, -0.15) is 0 Å². The van der Waals surface area contributed by atoms with Crippen LogP contribution in [0.15, 0.2) is 0 Å². The van der Waals surface area contributed by atoms with Crippen molar-refractivity contribution in [2.75, 3.05) is 20.1 Å². The van der Waals surface area contributed by atoms with Crippen LogP contribution < -0.4 is 0 Å². The van der Waals surface area contributed by atoms with E-state index in [1.165, 1.54) is 45.2 Å². The van der Waals surface area contributed by atoms with Gasteiger partial charge in [-0.15, -0.1) is 0 Å². The molecule has 0 amide bonds. The molecule has 0 bridgehead atoms. The van der Waals surface area contributed by atoms with E-state index in [1.807, 2.05) is 0 Å². The third-order valence-corrected chi connectivity index (χ3v) is 3.95. The number of likely N-dealkylation sites (tertiary alicyclic amines) is 1. The van der Waals surface area contributed by atoms with Gasteiger partial charge in [-0.3, -0.25) is 0 Å². The number of nitrogens with zero attached hydrogens (tertiary/aromatic N) is 1. The maximum absolute atomic E-state index is 2.46. The van der Waals surface area contributed by atoms with Crippen LogP contribution >= 0.6 is 0 Å². The molecule has 1 heteroatoms. The minimum atomic E-state index is 0.778. The molecular weight excluding hydrogens is 146 g/mol. The van der Waals surface area contributed by atoms with Gasteiger partial charge in [0.2, 0.25) is 0 Å². The summed E-state index contributed by atoms with van der Waals surface area (Å²) in [5, 5.41) is 0. The molecule has 1 spiro atoms. The van der Waals surface area contributed by atoms with E-state index >= 15 is 0 Å². The zero-order valence-electron chi connectivity index (χ0n) is 8.47. The van der Waals surface area contributed by atoms with Gasteiger partial charge < -0.3 is 4.90 Å². The summed E-state index contributed by atoms with van der Waals surface area (Å²) >= 11 is 0. The largest absolute Gasteiger partial charge is 0.305 e. The van der Waals surface area contributed by atoms with Gasteiger partial charge in [0.05, 0.1) is 0 Å². The van der Waals surface area contributed by atoms with Gasteiger partial charge in [0, 0.05) is 13.1 Å². The first kappa shape index (κ1) is 8.55. The molecule has 2 fully saturated rings. The lowest BCUT2D eigenvalue weighted by molar-refractivity contribution is -0.0214. The van der Waals surface area contributed by atoms with Crippen molar-refractivity contribution in [2.45, 2.75) is 39.0 Å². The first-order valence-electron chi connectivity index (χ1n) is 5.43. The monoisotopic (exact) mass is 167 g/mol. The topological polar surface area (TPSA) is 3.24 Å². The second-order valence-electron chi connectivity index (χ2n) is 5.02. The SMILES string of the molecule is CCC1CCC2(CC1)CN(C)C2. The summed E-state index contributed by atoms with van der Waals surface area (Å²) in [4.78, 5) is 2.46. The minimum absolute atomic E-state index is 0.778. The zero-order chi connectivity index (χ0) is 8.60. The Kier molecular flexibility index (Phi) is 2.16. The lowest BCUT2D eigenvalue weighted by atomic mass is 9.66. The normalized spacial score (nSPS) is 30.5. The van der Waals surface area contributed by atoms with Gasteiger partial charge in [-0.05, 0) is 44.1 Å². The van der Waals surface area contributed by atoms with Crippen molar-refractivity contribution in [1.29, 1.82) is 0 Å². The summed E-state index contributed by atoms with van der Waals surface area (Å²) in [7, 11) is 2.25. The highest BCUT2D eigenvalue weighted by Crippen LogP contribution is 2.45. The average Bonchev–Trinajstić information content (AvgIpc) is 2.04. The van der Waals surface area contributed by atoms with Crippen molar-refractivity contribution in [1.82, 2.24) is 4.90 Å². The molecule has 0 aromatic heterocycles. The predicted octanol–water partition coefficient (Wildman–Crippen LogP) is 2.52. The Bertz CT molecular complexity index is 148. The molecule has 1 saturated carbocycles. The Morgan fingerprint density at radius 2 is 1.83 bits per heavy atom. The van der Waals surface area contributed by atoms with Gasteiger partial charge in [0.25, 0.3) is 0 Å². The fourth-order valence-corrected chi connectivity index (χ4v) is 3.11. The molecule has 1 saturated heterocycles. The van der Waals surface area contributed by atoms with Crippen molar-refractivity contribution >= 4 is 0 Å². The summed E-state index contributed by atoms with van der Waals surface area (Å²) in [6.45, 7) is 5.10. The summed E-state index contributed by atoms with van der Waals surface area (Å²) < 4.78 is 0. The molecule has 70 valence electrons. The third-order valence-electron chi connectivity index (χ3n) is 3.95. The van der Waals surface area contributed by atoms with Gasteiger partial charge in [0.1, 0.15) is 0 Å². The molecule has 0 unspecified atom stereocenters. The number of rotatable bonds is 1. The highest BCUT2D eigenvalue weighted by Gasteiger charge is 2.42. The van der Waals surface area contributed by atoms with Crippen molar-refractivity contribution in [3.63, 3.8) is 0 Å². The molecule has 1 aliphatic carbocycles. The molecule has 0 aromatic carbocycles. The maximum atomic E-state index is 2.46. The molecule has 2 rings (SSSR count). The van der Waals surface area contributed by atoms with Crippen molar-refractivity contribution < 1.29 is 0 Å². The van der Waals surface area contributed by atoms with E-state index in [0.29, 0.717) is 0 Å². The second kappa shape index (κ2) is 3.02. The van der Waals surface area contributed by atoms with E-state index in [4.69, 9.17) is 0 Å². The molecule has 0 atom stereocenters. The smallest absolute Gasteiger partial charge is 0.00474 e. The Hall–Kier alpha value is -0.0400. The lowest BCUT2D eigenvalue weighted by Crippen LogP contribution is -2.55. The number of hydrogen-bond acceptors (Lipinski definition) is 1. The maximum Gasteiger partial charge on any atom is 0.00474 e. The quantitative estimate of drug-likeness (QED) is 0.580. The van der Waals surface area contributed by atoms with Gasteiger partial charge in [-0.25, -0.2) is 0 Å². The third kappa shape index (κ3) is 1.39. The first-order chi connectivity index (χ1) is 5.74. The molecule has 1 nitrogen and oxygen atoms in total. The summed E-state index contributed by atoms with van der Waals surface area (Å²) in [6.07, 6.45) is 7.44. The van der Waals surface area contributed by atoms with E-state index in [2.05, 4.69) is 18.9 Å². The molecule has 12 heavy (non-hydrogen) atoms. The highest BCUT2D eigenvalue weighted by atomic mass is 15.2. The van der Waals surface area contributed by atoms with Crippen LogP contribution in [0, 0.1) is 11.3 Å². The molecular formula is C11H21N. The van der Waals surface area contributed by atoms with Gasteiger partial charge in [0.15, 0.2) is 0 Å². The van der Waals surface area contributed by atoms with Crippen molar-refractivity contribution in [2.24, 2.45) is 11.3 Å². The standard InChI is InChI=1S/C11H21N/c1-3-10-4-6-11(7-5-10)8-12(2)9-11/h10H,3-9H2,1-2H3. The molecule has 0 N–H and O–H groups in total. The molecule has 0 radical (unpaired) electrons. The van der Waals surface area contributed by atoms with Crippen LogP contribution in [0.2, 0.25) is 0 Å². The fourth-order valence-electron chi connectivity index (χ4n) is 3.11. The summed E-state index contributed by atoms with van der Waals surface area (Å²) in [5.74, 6) is 1.06. The fraction of sp³-hybridized carbons (Fsp3) is 1.00. The van der Waals surface area contributed by atoms with E-state index in [9.17, 15) is 0 Å². The Balaban J connectivity index is 1.83. The average molecular weight is 167 g/mol. The van der Waals surface area contributed by atoms with Gasteiger partial charge >= 0.3 is 0 Å². The summed E-state index contributed by atoms with van der Waals surface area (Å²) in [5.41, 5.74) is 0.778. The van der Waals surface area contributed by atoms with Gasteiger partial charge in [-0.1, -0.05) is 13.3 Å². The second-order valence-corrected chi connectivity index (χ2v) is 5.02. The number of hydrogen-bond donors (Lipinski definition) is 0. The van der Waals surface area contributed by atoms with E-state index < -0.39 is 0 Å². The van der Waals surface area contributed by atoms with Crippen LogP contribution in [0.5, 0.6) is 0 Å². The molecule has 0 aromatic rings. The lowest BCUT2D eigenvalue weighted by Gasteiger charge is -2.52. The Labute approximate surface area is 76.1 Å². The van der Waals surface area contributed by atoms with Crippen LogP contribution in [-0.2, 0) is 0 Å². The van der Waals surface area contributed by atoms with Crippen LogP contribution in [0.1, 0.15) is 39.0 Å². The van der Waals surface area contributed by atoms with Crippen molar-refractivity contribution in [3.05, 3.63) is 0 Å². The van der Waals surface area contributed by atoms with Crippen molar-refractivity contribution in [3.8, 4) is 0 Å². The molecule has 2 aliphatic rings. The zero-order valence-corrected chi connectivity index (χ0v) is 8.47. The predicted molar refractivity (Wildman–Crippen MR) is 52.2 cm³/mol. The van der Waals surface area contributed by atoms with Crippen LogP contribution in [0.3, 0.4) is 0 Å². The summed E-state index contributed by atoms with van der Waals surface area (Å²) in [6, 6.07) is 0.